The van der Waals surface area contributed by atoms with Crippen LogP contribution in [0.25, 0.3) is 0 Å². The van der Waals surface area contributed by atoms with Gasteiger partial charge >= 0.3 is 0 Å². The fourth-order valence-corrected chi connectivity index (χ4v) is 3.33. The van der Waals surface area contributed by atoms with Gasteiger partial charge in [-0.2, -0.15) is 0 Å². The number of hydrogen-bond donors (Lipinski definition) is 0. The van der Waals surface area contributed by atoms with Gasteiger partial charge in [0.2, 0.25) is 0 Å². The van der Waals surface area contributed by atoms with Crippen LogP contribution in [-0.2, 0) is 11.2 Å². The standard InChI is InChI=1S/C15H20BrNO/c1-2-3-11-4-5-15(18)13(6-11)7-12-8-14(16)10-17-9-12/h8-11,13H,2-7H2,1H3. The van der Waals surface area contributed by atoms with E-state index in [0.717, 1.165) is 36.1 Å². The predicted molar refractivity (Wildman–Crippen MR) is 76.4 cm³/mol. The van der Waals surface area contributed by atoms with Gasteiger partial charge in [-0.05, 0) is 52.7 Å². The van der Waals surface area contributed by atoms with Crippen LogP contribution < -0.4 is 0 Å². The van der Waals surface area contributed by atoms with Crippen LogP contribution in [0, 0.1) is 11.8 Å². The van der Waals surface area contributed by atoms with Gasteiger partial charge in [0.25, 0.3) is 0 Å². The Kier molecular flexibility index (Phi) is 4.93. The van der Waals surface area contributed by atoms with E-state index in [1.165, 1.54) is 18.4 Å². The summed E-state index contributed by atoms with van der Waals surface area (Å²) in [4.78, 5) is 16.2. The van der Waals surface area contributed by atoms with Crippen molar-refractivity contribution >= 4 is 21.7 Å². The third-order valence-corrected chi connectivity index (χ3v) is 4.25. The number of pyridine rings is 1. The van der Waals surface area contributed by atoms with Crippen molar-refractivity contribution in [3.05, 3.63) is 28.5 Å². The molecule has 3 heteroatoms. The summed E-state index contributed by atoms with van der Waals surface area (Å²) in [7, 11) is 0. The molecule has 1 aromatic rings. The van der Waals surface area contributed by atoms with Crippen LogP contribution >= 0.6 is 15.9 Å². The van der Waals surface area contributed by atoms with Gasteiger partial charge in [-0.15, -0.1) is 0 Å². The van der Waals surface area contributed by atoms with Gasteiger partial charge in [0.15, 0.2) is 0 Å². The fraction of sp³-hybridized carbons (Fsp3) is 0.600. The van der Waals surface area contributed by atoms with E-state index < -0.39 is 0 Å². The highest BCUT2D eigenvalue weighted by Crippen LogP contribution is 2.31. The Morgan fingerprint density at radius 1 is 1.44 bits per heavy atom. The highest BCUT2D eigenvalue weighted by Gasteiger charge is 2.28. The summed E-state index contributed by atoms with van der Waals surface area (Å²) < 4.78 is 0.994. The van der Waals surface area contributed by atoms with Gasteiger partial charge in [0, 0.05) is 29.2 Å². The number of Topliss-reactive ketones (excluding diaryl/α,β-unsaturated/α-hetero) is 1. The molecule has 1 aromatic heterocycles. The molecule has 0 amide bonds. The van der Waals surface area contributed by atoms with Crippen LogP contribution in [0.5, 0.6) is 0 Å². The van der Waals surface area contributed by atoms with Crippen molar-refractivity contribution < 1.29 is 4.79 Å². The summed E-state index contributed by atoms with van der Waals surface area (Å²) in [5, 5.41) is 0. The van der Waals surface area contributed by atoms with E-state index in [4.69, 9.17) is 0 Å². The molecule has 1 heterocycles. The lowest BCUT2D eigenvalue weighted by Gasteiger charge is -2.28. The lowest BCUT2D eigenvalue weighted by atomic mass is 9.76. The number of ketones is 1. The molecule has 1 fully saturated rings. The first-order valence-corrected chi connectivity index (χ1v) is 7.60. The minimum absolute atomic E-state index is 0.214. The van der Waals surface area contributed by atoms with Crippen molar-refractivity contribution in [1.82, 2.24) is 4.98 Å². The molecule has 2 atom stereocenters. The maximum Gasteiger partial charge on any atom is 0.136 e. The molecule has 2 rings (SSSR count). The smallest absolute Gasteiger partial charge is 0.136 e. The molecular weight excluding hydrogens is 290 g/mol. The highest BCUT2D eigenvalue weighted by atomic mass is 79.9. The molecule has 0 saturated heterocycles. The Hall–Kier alpha value is -0.700. The van der Waals surface area contributed by atoms with E-state index in [0.29, 0.717) is 5.78 Å². The van der Waals surface area contributed by atoms with Gasteiger partial charge in [-0.3, -0.25) is 9.78 Å². The summed E-state index contributed by atoms with van der Waals surface area (Å²) in [6, 6.07) is 2.07. The first-order valence-electron chi connectivity index (χ1n) is 6.81. The molecule has 0 aromatic carbocycles. The molecule has 0 aliphatic heterocycles. The van der Waals surface area contributed by atoms with Gasteiger partial charge in [-0.1, -0.05) is 19.8 Å². The van der Waals surface area contributed by atoms with Crippen molar-refractivity contribution in [2.45, 2.75) is 45.4 Å². The monoisotopic (exact) mass is 309 g/mol. The van der Waals surface area contributed by atoms with Crippen molar-refractivity contribution in [1.29, 1.82) is 0 Å². The molecular formula is C15H20BrNO. The van der Waals surface area contributed by atoms with E-state index in [2.05, 4.69) is 33.9 Å². The number of carbonyl (C=O) groups is 1. The average molecular weight is 310 g/mol. The maximum absolute atomic E-state index is 12.0. The number of nitrogens with zero attached hydrogens (tertiary/aromatic N) is 1. The fourth-order valence-electron chi connectivity index (χ4n) is 2.92. The third kappa shape index (κ3) is 3.64. The molecule has 1 aliphatic rings. The normalized spacial score (nSPS) is 24.2. The van der Waals surface area contributed by atoms with Crippen LogP contribution in [-0.4, -0.2) is 10.8 Å². The second kappa shape index (κ2) is 6.46. The first kappa shape index (κ1) is 13.7. The second-order valence-corrected chi connectivity index (χ2v) is 6.22. The predicted octanol–water partition coefficient (Wildman–Crippen LogP) is 4.17. The Bertz CT molecular complexity index is 419. The highest BCUT2D eigenvalue weighted by molar-refractivity contribution is 9.10. The number of aromatic nitrogens is 1. The molecule has 2 nitrogen and oxygen atoms in total. The Labute approximate surface area is 117 Å². The zero-order chi connectivity index (χ0) is 13.0. The van der Waals surface area contributed by atoms with Crippen LogP contribution in [0.15, 0.2) is 22.9 Å². The van der Waals surface area contributed by atoms with Gasteiger partial charge in [-0.25, -0.2) is 0 Å². The lowest BCUT2D eigenvalue weighted by Crippen LogP contribution is -2.26. The molecule has 0 radical (unpaired) electrons. The minimum Gasteiger partial charge on any atom is -0.299 e. The Balaban J connectivity index is 2.00. The summed E-state index contributed by atoms with van der Waals surface area (Å²) in [5.74, 6) is 1.41. The number of hydrogen-bond acceptors (Lipinski definition) is 2. The first-order chi connectivity index (χ1) is 8.69. The van der Waals surface area contributed by atoms with E-state index in [1.54, 1.807) is 6.20 Å². The Morgan fingerprint density at radius 2 is 2.28 bits per heavy atom. The van der Waals surface area contributed by atoms with Crippen LogP contribution in [0.4, 0.5) is 0 Å². The summed E-state index contributed by atoms with van der Waals surface area (Å²) in [6.45, 7) is 2.23. The van der Waals surface area contributed by atoms with Gasteiger partial charge in [0.05, 0.1) is 0 Å². The molecule has 1 saturated carbocycles. The van der Waals surface area contributed by atoms with Crippen molar-refractivity contribution in [2.24, 2.45) is 11.8 Å². The van der Waals surface area contributed by atoms with E-state index in [1.807, 2.05) is 6.20 Å². The van der Waals surface area contributed by atoms with Gasteiger partial charge in [0.1, 0.15) is 5.78 Å². The Morgan fingerprint density at radius 3 is 3.00 bits per heavy atom. The average Bonchev–Trinajstić information content (AvgIpc) is 2.34. The number of carbonyl (C=O) groups excluding carboxylic acids is 1. The van der Waals surface area contributed by atoms with Crippen LogP contribution in [0.1, 0.15) is 44.6 Å². The number of rotatable bonds is 4. The van der Waals surface area contributed by atoms with E-state index >= 15 is 0 Å². The largest absolute Gasteiger partial charge is 0.299 e. The summed E-state index contributed by atoms with van der Waals surface area (Å²) in [6.07, 6.45) is 9.94. The molecule has 18 heavy (non-hydrogen) atoms. The minimum atomic E-state index is 0.214. The zero-order valence-electron chi connectivity index (χ0n) is 10.9. The molecule has 0 bridgehead atoms. The van der Waals surface area contributed by atoms with Crippen molar-refractivity contribution in [3.63, 3.8) is 0 Å². The van der Waals surface area contributed by atoms with Crippen molar-refractivity contribution in [2.75, 3.05) is 0 Å². The zero-order valence-corrected chi connectivity index (χ0v) is 12.4. The summed E-state index contributed by atoms with van der Waals surface area (Å²) in [5.41, 5.74) is 1.17. The van der Waals surface area contributed by atoms with Crippen LogP contribution in [0.2, 0.25) is 0 Å². The molecule has 1 aliphatic carbocycles. The quantitative estimate of drug-likeness (QED) is 0.835. The van der Waals surface area contributed by atoms with Crippen molar-refractivity contribution in [3.8, 4) is 0 Å². The summed E-state index contributed by atoms with van der Waals surface area (Å²) >= 11 is 3.43. The molecule has 0 spiro atoms. The van der Waals surface area contributed by atoms with Gasteiger partial charge < -0.3 is 0 Å². The van der Waals surface area contributed by atoms with E-state index in [-0.39, 0.29) is 5.92 Å². The number of halogens is 1. The maximum atomic E-state index is 12.0. The molecule has 2 unspecified atom stereocenters. The third-order valence-electron chi connectivity index (χ3n) is 3.81. The molecule has 98 valence electrons. The topological polar surface area (TPSA) is 30.0 Å². The SMILES string of the molecule is CCCC1CCC(=O)C(Cc2cncc(Br)c2)C1. The van der Waals surface area contributed by atoms with Crippen LogP contribution in [0.3, 0.4) is 0 Å². The van der Waals surface area contributed by atoms with E-state index in [9.17, 15) is 4.79 Å². The molecule has 0 N–H and O–H groups in total. The lowest BCUT2D eigenvalue weighted by molar-refractivity contribution is -0.125. The second-order valence-electron chi connectivity index (χ2n) is 5.31.